The van der Waals surface area contributed by atoms with Crippen LogP contribution < -0.4 is 11.5 Å². The first kappa shape index (κ1) is 19.0. The molecular weight excluding hydrogens is 288 g/mol. The summed E-state index contributed by atoms with van der Waals surface area (Å²) in [6, 6.07) is 5.14. The van der Waals surface area contributed by atoms with Crippen molar-refractivity contribution < 1.29 is 9.53 Å². The molecule has 0 spiro atoms. The van der Waals surface area contributed by atoms with Crippen LogP contribution in [0.5, 0.6) is 0 Å². The van der Waals surface area contributed by atoms with Gasteiger partial charge in [0.25, 0.3) is 0 Å². The zero-order valence-corrected chi connectivity index (χ0v) is 14.6. The minimum atomic E-state index is -0.438. The van der Waals surface area contributed by atoms with E-state index in [2.05, 4.69) is 26.8 Å². The van der Waals surface area contributed by atoms with E-state index in [1.54, 1.807) is 25.3 Å². The van der Waals surface area contributed by atoms with E-state index in [1.807, 2.05) is 0 Å². The number of nitrogen functional groups attached to an aromatic ring is 1. The van der Waals surface area contributed by atoms with Gasteiger partial charge < -0.3 is 16.2 Å². The third-order valence-electron chi connectivity index (χ3n) is 4.04. The fourth-order valence-electron chi connectivity index (χ4n) is 2.21. The van der Waals surface area contributed by atoms with Crippen molar-refractivity contribution >= 4 is 11.6 Å². The van der Waals surface area contributed by atoms with Crippen LogP contribution in [-0.2, 0) is 11.2 Å². The second kappa shape index (κ2) is 9.16. The van der Waals surface area contributed by atoms with E-state index in [1.165, 1.54) is 16.7 Å². The topological polar surface area (TPSA) is 78.3 Å². The fourth-order valence-corrected chi connectivity index (χ4v) is 2.21. The summed E-state index contributed by atoms with van der Waals surface area (Å²) in [6.45, 7) is 7.02. The molecule has 1 rings (SSSR count). The minimum Gasteiger partial charge on any atom is -0.398 e. The second-order valence-electron chi connectivity index (χ2n) is 6.06. The number of primary amides is 1. The molecule has 4 N–H and O–H groups in total. The molecule has 0 saturated heterocycles. The summed E-state index contributed by atoms with van der Waals surface area (Å²) in [5, 5.41) is 0. The van der Waals surface area contributed by atoms with Crippen molar-refractivity contribution in [1.82, 2.24) is 0 Å². The Labute approximate surface area is 139 Å². The third kappa shape index (κ3) is 6.28. The molecule has 0 radical (unpaired) electrons. The van der Waals surface area contributed by atoms with Crippen LogP contribution in [0.15, 0.2) is 41.0 Å². The zero-order chi connectivity index (χ0) is 17.4. The Morgan fingerprint density at radius 1 is 1.22 bits per heavy atom. The van der Waals surface area contributed by atoms with Crippen molar-refractivity contribution in [3.05, 3.63) is 52.1 Å². The first-order valence-corrected chi connectivity index (χ1v) is 7.83. The van der Waals surface area contributed by atoms with Gasteiger partial charge in [0, 0.05) is 18.4 Å². The standard InChI is InChI=1S/C19H28N2O2/c1-13(2)14(3)5-6-15(12-23-4)7-8-16-11-17(19(21)22)9-10-18(16)20/h7,9-11H,5-6,8,12,20H2,1-4H3,(H2,21,22). The van der Waals surface area contributed by atoms with Gasteiger partial charge in [-0.1, -0.05) is 17.2 Å². The monoisotopic (exact) mass is 316 g/mol. The first-order chi connectivity index (χ1) is 10.8. The molecule has 0 atom stereocenters. The van der Waals surface area contributed by atoms with Gasteiger partial charge in [-0.05, 0) is 69.4 Å². The van der Waals surface area contributed by atoms with Crippen molar-refractivity contribution in [3.63, 3.8) is 0 Å². The molecule has 1 aromatic rings. The first-order valence-electron chi connectivity index (χ1n) is 7.83. The fraction of sp³-hybridized carbons (Fsp3) is 0.421. The number of rotatable bonds is 8. The van der Waals surface area contributed by atoms with Crippen molar-refractivity contribution in [3.8, 4) is 0 Å². The van der Waals surface area contributed by atoms with Crippen LogP contribution in [-0.4, -0.2) is 19.6 Å². The number of carbonyl (C=O) groups is 1. The number of hydrogen-bond acceptors (Lipinski definition) is 3. The summed E-state index contributed by atoms with van der Waals surface area (Å²) in [5.74, 6) is -0.438. The van der Waals surface area contributed by atoms with Gasteiger partial charge in [0.1, 0.15) is 0 Å². The lowest BCUT2D eigenvalue weighted by Gasteiger charge is -2.10. The van der Waals surface area contributed by atoms with E-state index < -0.39 is 5.91 Å². The number of allylic oxidation sites excluding steroid dienone is 3. The molecule has 1 amide bonds. The summed E-state index contributed by atoms with van der Waals surface area (Å²) in [7, 11) is 1.70. The van der Waals surface area contributed by atoms with Gasteiger partial charge in [0.15, 0.2) is 0 Å². The molecule has 0 heterocycles. The number of carbonyl (C=O) groups excluding carboxylic acids is 1. The van der Waals surface area contributed by atoms with Crippen LogP contribution in [0.1, 0.15) is 49.5 Å². The van der Waals surface area contributed by atoms with Crippen molar-refractivity contribution in [1.29, 1.82) is 0 Å². The van der Waals surface area contributed by atoms with Crippen LogP contribution in [0.3, 0.4) is 0 Å². The van der Waals surface area contributed by atoms with Gasteiger partial charge >= 0.3 is 0 Å². The Morgan fingerprint density at radius 3 is 2.48 bits per heavy atom. The predicted molar refractivity (Wildman–Crippen MR) is 96.3 cm³/mol. The molecule has 0 fully saturated rings. The molecule has 4 heteroatoms. The molecule has 1 aromatic carbocycles. The molecule has 0 aliphatic carbocycles. The SMILES string of the molecule is COCC(=CCc1cc(C(N)=O)ccc1N)CCC(C)=C(C)C. The quantitative estimate of drug-likeness (QED) is 0.568. The van der Waals surface area contributed by atoms with Crippen LogP contribution in [0.4, 0.5) is 5.69 Å². The van der Waals surface area contributed by atoms with Crippen molar-refractivity contribution in [2.75, 3.05) is 19.5 Å². The van der Waals surface area contributed by atoms with E-state index in [4.69, 9.17) is 16.2 Å². The Kier molecular flexibility index (Phi) is 7.55. The smallest absolute Gasteiger partial charge is 0.248 e. The van der Waals surface area contributed by atoms with Crippen LogP contribution >= 0.6 is 0 Å². The highest BCUT2D eigenvalue weighted by molar-refractivity contribution is 5.93. The van der Waals surface area contributed by atoms with Gasteiger partial charge in [0.05, 0.1) is 6.61 Å². The summed E-state index contributed by atoms with van der Waals surface area (Å²) in [5.41, 5.74) is 17.4. The lowest BCUT2D eigenvalue weighted by Crippen LogP contribution is -2.11. The Bertz CT molecular complexity index is 612. The molecule has 0 aliphatic heterocycles. The normalized spacial score (nSPS) is 11.4. The number of ether oxygens (including phenoxy) is 1. The van der Waals surface area contributed by atoms with Gasteiger partial charge in [-0.15, -0.1) is 0 Å². The van der Waals surface area contributed by atoms with E-state index in [9.17, 15) is 4.79 Å². The molecule has 0 aliphatic rings. The maximum Gasteiger partial charge on any atom is 0.248 e. The minimum absolute atomic E-state index is 0.438. The van der Waals surface area contributed by atoms with E-state index in [0.717, 1.165) is 18.4 Å². The molecule has 0 unspecified atom stereocenters. The summed E-state index contributed by atoms with van der Waals surface area (Å²) < 4.78 is 5.29. The van der Waals surface area contributed by atoms with Gasteiger partial charge in [-0.2, -0.15) is 0 Å². The Morgan fingerprint density at radius 2 is 1.91 bits per heavy atom. The van der Waals surface area contributed by atoms with Crippen LogP contribution in [0.25, 0.3) is 0 Å². The Balaban J connectivity index is 2.87. The highest BCUT2D eigenvalue weighted by Crippen LogP contribution is 2.19. The van der Waals surface area contributed by atoms with Crippen molar-refractivity contribution in [2.45, 2.75) is 40.0 Å². The maximum absolute atomic E-state index is 11.3. The molecular formula is C19H28N2O2. The summed E-state index contributed by atoms with van der Waals surface area (Å²) in [4.78, 5) is 11.3. The zero-order valence-electron chi connectivity index (χ0n) is 14.6. The molecule has 126 valence electrons. The molecule has 23 heavy (non-hydrogen) atoms. The Hall–Kier alpha value is -2.07. The molecule has 0 saturated carbocycles. The number of benzene rings is 1. The summed E-state index contributed by atoms with van der Waals surface area (Å²) in [6.07, 6.45) is 4.78. The largest absolute Gasteiger partial charge is 0.398 e. The average Bonchev–Trinajstić information content (AvgIpc) is 2.50. The highest BCUT2D eigenvalue weighted by atomic mass is 16.5. The molecule has 4 nitrogen and oxygen atoms in total. The number of amides is 1. The number of nitrogens with two attached hydrogens (primary N) is 2. The number of methoxy groups -OCH3 is 1. The molecule has 0 bridgehead atoms. The predicted octanol–water partition coefficient (Wildman–Crippen LogP) is 3.62. The number of hydrogen-bond donors (Lipinski definition) is 2. The van der Waals surface area contributed by atoms with Crippen molar-refractivity contribution in [2.24, 2.45) is 5.73 Å². The number of anilines is 1. The van der Waals surface area contributed by atoms with E-state index in [0.29, 0.717) is 24.3 Å². The average molecular weight is 316 g/mol. The third-order valence-corrected chi connectivity index (χ3v) is 4.04. The van der Waals surface area contributed by atoms with Gasteiger partial charge in [-0.25, -0.2) is 0 Å². The lowest BCUT2D eigenvalue weighted by atomic mass is 10.00. The summed E-state index contributed by atoms with van der Waals surface area (Å²) >= 11 is 0. The van der Waals surface area contributed by atoms with Crippen LogP contribution in [0.2, 0.25) is 0 Å². The highest BCUT2D eigenvalue weighted by Gasteiger charge is 2.06. The van der Waals surface area contributed by atoms with Crippen LogP contribution in [0, 0.1) is 0 Å². The lowest BCUT2D eigenvalue weighted by molar-refractivity contribution is 0.1000. The van der Waals surface area contributed by atoms with Gasteiger partial charge in [-0.3, -0.25) is 4.79 Å². The maximum atomic E-state index is 11.3. The molecule has 0 aromatic heterocycles. The van der Waals surface area contributed by atoms with Gasteiger partial charge in [0.2, 0.25) is 5.91 Å². The van der Waals surface area contributed by atoms with E-state index in [-0.39, 0.29) is 0 Å². The van der Waals surface area contributed by atoms with E-state index >= 15 is 0 Å². The second-order valence-corrected chi connectivity index (χ2v) is 6.06.